The van der Waals surface area contributed by atoms with E-state index in [1.54, 1.807) is 36.4 Å². The van der Waals surface area contributed by atoms with Crippen LogP contribution in [0.3, 0.4) is 0 Å². The number of carbonyl (C=O) groups is 3. The van der Waals surface area contributed by atoms with Crippen molar-refractivity contribution in [3.8, 4) is 0 Å². The molecule has 31 heavy (non-hydrogen) atoms. The fourth-order valence-corrected chi connectivity index (χ4v) is 4.38. The molecule has 0 atom stereocenters. The number of thiazole rings is 1. The van der Waals surface area contributed by atoms with Crippen LogP contribution < -0.4 is 9.80 Å². The molecule has 2 aromatic carbocycles. The van der Waals surface area contributed by atoms with E-state index in [1.807, 2.05) is 19.0 Å². The minimum Gasteiger partial charge on any atom is -0.308 e. The normalized spacial score (nSPS) is 14.1. The molecule has 0 radical (unpaired) electrons. The highest BCUT2D eigenvalue weighted by Crippen LogP contribution is 2.31. The van der Waals surface area contributed by atoms with Crippen LogP contribution in [0.5, 0.6) is 0 Å². The van der Waals surface area contributed by atoms with E-state index in [-0.39, 0.29) is 36.1 Å². The molecular weight excluding hydrogens is 419 g/mol. The van der Waals surface area contributed by atoms with Gasteiger partial charge in [-0.05, 0) is 50.5 Å². The van der Waals surface area contributed by atoms with Crippen molar-refractivity contribution >= 4 is 50.1 Å². The summed E-state index contributed by atoms with van der Waals surface area (Å²) < 4.78 is 14.8. The Balaban J connectivity index is 1.64. The molecule has 4 rings (SSSR count). The molecule has 9 heteroatoms. The number of nitrogens with zero attached hydrogens (tertiary/aromatic N) is 4. The van der Waals surface area contributed by atoms with Crippen LogP contribution in [0.4, 0.5) is 15.2 Å². The number of fused-ring (bicyclic) bond motifs is 1. The Morgan fingerprint density at radius 3 is 2.35 bits per heavy atom. The second-order valence-electron chi connectivity index (χ2n) is 7.51. The minimum atomic E-state index is -0.427. The molecule has 160 valence electrons. The third-order valence-electron chi connectivity index (χ3n) is 5.03. The number of para-hydroxylation sites is 1. The number of rotatable bonds is 6. The summed E-state index contributed by atoms with van der Waals surface area (Å²) >= 11 is 1.26. The van der Waals surface area contributed by atoms with Crippen molar-refractivity contribution in [2.45, 2.75) is 12.8 Å². The Hall–Kier alpha value is -3.17. The van der Waals surface area contributed by atoms with Gasteiger partial charge in [0.15, 0.2) is 5.13 Å². The molecule has 1 aliphatic heterocycles. The molecule has 1 saturated heterocycles. The summed E-state index contributed by atoms with van der Waals surface area (Å²) in [6.45, 7) is 0.969. The number of hydrogen-bond acceptors (Lipinski definition) is 6. The summed E-state index contributed by atoms with van der Waals surface area (Å²) in [6.07, 6.45) is 0.401. The quantitative estimate of drug-likeness (QED) is 0.550. The van der Waals surface area contributed by atoms with E-state index in [0.717, 1.165) is 4.90 Å². The lowest BCUT2D eigenvalue weighted by molar-refractivity contribution is -0.121. The number of carbonyl (C=O) groups excluding carboxylic acids is 3. The van der Waals surface area contributed by atoms with Crippen LogP contribution in [0.2, 0.25) is 0 Å². The third-order valence-corrected chi connectivity index (χ3v) is 6.07. The molecule has 0 bridgehead atoms. The van der Waals surface area contributed by atoms with Gasteiger partial charge in [0.25, 0.3) is 5.91 Å². The van der Waals surface area contributed by atoms with Crippen molar-refractivity contribution < 1.29 is 18.8 Å². The number of aromatic nitrogens is 1. The lowest BCUT2D eigenvalue weighted by atomic mass is 10.1. The molecule has 3 aromatic rings. The van der Waals surface area contributed by atoms with Gasteiger partial charge in [0.2, 0.25) is 11.8 Å². The fourth-order valence-electron chi connectivity index (χ4n) is 3.38. The second-order valence-corrected chi connectivity index (χ2v) is 8.52. The van der Waals surface area contributed by atoms with Crippen molar-refractivity contribution in [1.82, 2.24) is 9.88 Å². The molecule has 1 fully saturated rings. The molecular formula is C22H21FN4O3S. The van der Waals surface area contributed by atoms with Gasteiger partial charge in [-0.25, -0.2) is 9.37 Å². The van der Waals surface area contributed by atoms with E-state index < -0.39 is 5.82 Å². The predicted molar refractivity (Wildman–Crippen MR) is 118 cm³/mol. The van der Waals surface area contributed by atoms with Crippen molar-refractivity contribution in [2.75, 3.05) is 37.0 Å². The summed E-state index contributed by atoms with van der Waals surface area (Å²) in [5.74, 6) is -1.20. The largest absolute Gasteiger partial charge is 0.308 e. The lowest BCUT2D eigenvalue weighted by Crippen LogP contribution is -2.36. The van der Waals surface area contributed by atoms with Crippen LogP contribution in [0, 0.1) is 5.82 Å². The van der Waals surface area contributed by atoms with Crippen molar-refractivity contribution in [3.63, 3.8) is 0 Å². The number of imide groups is 1. The van der Waals surface area contributed by atoms with Gasteiger partial charge in [-0.1, -0.05) is 17.4 Å². The first-order valence-corrected chi connectivity index (χ1v) is 10.6. The molecule has 0 aliphatic carbocycles. The van der Waals surface area contributed by atoms with Gasteiger partial charge in [0, 0.05) is 31.5 Å². The van der Waals surface area contributed by atoms with Gasteiger partial charge in [-0.2, -0.15) is 0 Å². The summed E-state index contributed by atoms with van der Waals surface area (Å²) in [6, 6.07) is 11.1. The molecule has 1 aliphatic rings. The fraction of sp³-hybridized carbons (Fsp3) is 0.273. The highest BCUT2D eigenvalue weighted by Gasteiger charge is 2.30. The van der Waals surface area contributed by atoms with Gasteiger partial charge in [-0.3, -0.25) is 24.2 Å². The monoisotopic (exact) mass is 440 g/mol. The van der Waals surface area contributed by atoms with E-state index >= 15 is 0 Å². The first-order valence-electron chi connectivity index (χ1n) is 9.82. The predicted octanol–water partition coefficient (Wildman–Crippen LogP) is 3.30. The number of amides is 3. The topological polar surface area (TPSA) is 73.8 Å². The first-order chi connectivity index (χ1) is 14.8. The van der Waals surface area contributed by atoms with Crippen LogP contribution >= 0.6 is 11.3 Å². The van der Waals surface area contributed by atoms with Crippen LogP contribution in [-0.4, -0.2) is 54.8 Å². The summed E-state index contributed by atoms with van der Waals surface area (Å²) in [4.78, 5) is 46.2. The van der Waals surface area contributed by atoms with Gasteiger partial charge in [0.1, 0.15) is 11.3 Å². The Bertz CT molecular complexity index is 1140. The van der Waals surface area contributed by atoms with Crippen LogP contribution in [0.15, 0.2) is 42.5 Å². The Kier molecular flexibility index (Phi) is 5.79. The minimum absolute atomic E-state index is 0.200. The Morgan fingerprint density at radius 1 is 1.06 bits per heavy atom. The summed E-state index contributed by atoms with van der Waals surface area (Å²) in [5, 5.41) is 0.418. The van der Waals surface area contributed by atoms with Crippen molar-refractivity contribution in [1.29, 1.82) is 0 Å². The number of anilines is 2. The van der Waals surface area contributed by atoms with E-state index in [9.17, 15) is 18.8 Å². The zero-order valence-electron chi connectivity index (χ0n) is 17.2. The lowest BCUT2D eigenvalue weighted by Gasteiger charge is -2.22. The molecule has 2 heterocycles. The van der Waals surface area contributed by atoms with E-state index in [4.69, 9.17) is 0 Å². The Labute approximate surface area is 182 Å². The maximum Gasteiger partial charge on any atom is 0.260 e. The number of likely N-dealkylation sites (N-methyl/N-ethyl adjacent to an activating group) is 1. The third kappa shape index (κ3) is 4.19. The standard InChI is InChI=1S/C22H21FN4O3S/c1-25(2)12-13-26(22-24-20-16(23)4-3-5-17(20)31-22)21(30)14-6-8-15(9-7-14)27-18(28)10-11-19(27)29/h3-9H,10-13H2,1-2H3. The summed E-state index contributed by atoms with van der Waals surface area (Å²) in [5.41, 5.74) is 1.08. The van der Waals surface area contributed by atoms with Gasteiger partial charge in [-0.15, -0.1) is 0 Å². The Morgan fingerprint density at radius 2 is 1.74 bits per heavy atom. The molecule has 0 saturated carbocycles. The smallest absolute Gasteiger partial charge is 0.260 e. The number of hydrogen-bond donors (Lipinski definition) is 0. The second kappa shape index (κ2) is 8.52. The molecule has 0 N–H and O–H groups in total. The van der Waals surface area contributed by atoms with Gasteiger partial charge >= 0.3 is 0 Å². The van der Waals surface area contributed by atoms with E-state index in [0.29, 0.717) is 34.2 Å². The summed E-state index contributed by atoms with van der Waals surface area (Å²) in [7, 11) is 3.80. The SMILES string of the molecule is CN(C)CCN(C(=O)c1ccc(N2C(=O)CCC2=O)cc1)c1nc2c(F)cccc2s1. The van der Waals surface area contributed by atoms with Crippen LogP contribution in [0.1, 0.15) is 23.2 Å². The van der Waals surface area contributed by atoms with E-state index in [1.165, 1.54) is 22.3 Å². The van der Waals surface area contributed by atoms with Crippen molar-refractivity contribution in [3.05, 3.63) is 53.8 Å². The highest BCUT2D eigenvalue weighted by atomic mass is 32.1. The highest BCUT2D eigenvalue weighted by molar-refractivity contribution is 7.22. The number of halogens is 1. The van der Waals surface area contributed by atoms with Gasteiger partial charge in [0.05, 0.1) is 10.4 Å². The van der Waals surface area contributed by atoms with E-state index in [2.05, 4.69) is 4.98 Å². The zero-order valence-corrected chi connectivity index (χ0v) is 18.0. The average Bonchev–Trinajstić information content (AvgIpc) is 3.32. The zero-order chi connectivity index (χ0) is 22.1. The van der Waals surface area contributed by atoms with Crippen molar-refractivity contribution in [2.24, 2.45) is 0 Å². The van der Waals surface area contributed by atoms with Crippen LogP contribution in [-0.2, 0) is 9.59 Å². The molecule has 0 unspecified atom stereocenters. The van der Waals surface area contributed by atoms with Crippen LogP contribution in [0.25, 0.3) is 10.2 Å². The molecule has 0 spiro atoms. The average molecular weight is 441 g/mol. The molecule has 1 aromatic heterocycles. The maximum atomic E-state index is 14.1. The number of benzene rings is 2. The first kappa shape index (κ1) is 21.1. The molecule has 7 nitrogen and oxygen atoms in total. The maximum absolute atomic E-state index is 14.1. The molecule has 3 amide bonds. The van der Waals surface area contributed by atoms with Gasteiger partial charge < -0.3 is 4.90 Å².